The molecule has 2 N–H and O–H groups in total. The molecule has 0 atom stereocenters. The third kappa shape index (κ3) is 4.83. The van der Waals surface area contributed by atoms with Crippen molar-refractivity contribution in [2.24, 2.45) is 0 Å². The van der Waals surface area contributed by atoms with Crippen LogP contribution in [-0.2, 0) is 55.1 Å². The van der Waals surface area contributed by atoms with Gasteiger partial charge in [0.05, 0.1) is 0 Å². The van der Waals surface area contributed by atoms with E-state index in [0.29, 0.717) is 34.5 Å². The molecule has 4 rings (SSSR count). The molecule has 1 aromatic carbocycles. The minimum absolute atomic E-state index is 0. The molecule has 0 unspecified atom stereocenters. The molecule has 1 radical (unpaired) electrons. The molecule has 1 aliphatic carbocycles. The third-order valence-electron chi connectivity index (χ3n) is 5.07. The van der Waals surface area contributed by atoms with Gasteiger partial charge in [0.15, 0.2) is 5.78 Å². The molecule has 6 nitrogen and oxygen atoms in total. The van der Waals surface area contributed by atoms with E-state index in [4.69, 9.17) is 0 Å². The monoisotopic (exact) mass is 474 g/mol. The normalized spacial score (nSPS) is 15.8. The summed E-state index contributed by atoms with van der Waals surface area (Å²) in [6.07, 6.45) is 3.69. The number of Topliss-reactive ketones (excluding diaryl/α,β-unsaturated/α-hetero) is 1. The third-order valence-corrected chi connectivity index (χ3v) is 5.07. The first-order chi connectivity index (χ1) is 12.9. The van der Waals surface area contributed by atoms with Gasteiger partial charge in [-0.15, -0.1) is 0 Å². The zero-order valence-electron chi connectivity index (χ0n) is 16.5. The summed E-state index contributed by atoms with van der Waals surface area (Å²) in [6.45, 7) is 1.90. The Morgan fingerprint density at radius 2 is 2.07 bits per heavy atom. The van der Waals surface area contributed by atoms with Crippen LogP contribution >= 0.6 is 0 Å². The molecule has 1 aliphatic heterocycles. The number of amides is 1. The zero-order valence-corrected chi connectivity index (χ0v) is 21.3. The minimum atomic E-state index is -1.16. The van der Waals surface area contributed by atoms with Gasteiger partial charge >= 0.3 is 29.6 Å². The second-order valence-electron chi connectivity index (χ2n) is 6.98. The van der Waals surface area contributed by atoms with E-state index in [0.717, 1.165) is 29.7 Å². The average molecular weight is 474 g/mol. The largest absolute Gasteiger partial charge is 1.00 e. The number of aryl methyl sites for hydroxylation is 2. The number of aromatic nitrogens is 1. The van der Waals surface area contributed by atoms with E-state index < -0.39 is 5.97 Å². The smallest absolute Gasteiger partial charge is 0.550 e. The van der Waals surface area contributed by atoms with Gasteiger partial charge in [-0.2, -0.15) is 23.8 Å². The standard InChI is InChI=1S/C21H19N2O4.Na.Y/c1-11-5-7-15-13(9-11)14(21(27)23-15)10-17-12(6-8-19(25)26)20-16(22-17)3-2-4-18(20)24;;/h7,9-10,22H,2-4,6,8H2,1H3,(H,23,27)(H,25,26);;/q-1;+1;/p-1/b14-10-;;. The van der Waals surface area contributed by atoms with E-state index in [-0.39, 0.29) is 86.8 Å². The topological polar surface area (TPSA) is 102 Å². The average Bonchev–Trinajstić information content (AvgIpc) is 3.12. The molecule has 8 heteroatoms. The van der Waals surface area contributed by atoms with E-state index in [1.165, 1.54) is 0 Å². The maximum Gasteiger partial charge on any atom is 1.00 e. The summed E-state index contributed by atoms with van der Waals surface area (Å²) < 4.78 is 0. The number of carbonyl (C=O) groups is 3. The Hall–Kier alpha value is -1.05. The number of carboxylic acids is 1. The van der Waals surface area contributed by atoms with Crippen LogP contribution in [0.15, 0.2) is 12.1 Å². The van der Waals surface area contributed by atoms with Crippen LogP contribution in [0.4, 0.5) is 5.69 Å². The van der Waals surface area contributed by atoms with Gasteiger partial charge in [-0.3, -0.25) is 9.59 Å². The van der Waals surface area contributed by atoms with Crippen molar-refractivity contribution >= 4 is 35.0 Å². The van der Waals surface area contributed by atoms with E-state index in [1.807, 2.05) is 13.0 Å². The van der Waals surface area contributed by atoms with Crippen LogP contribution in [0.5, 0.6) is 0 Å². The number of fused-ring (bicyclic) bond motifs is 2. The Morgan fingerprint density at radius 1 is 1.31 bits per heavy atom. The second-order valence-corrected chi connectivity index (χ2v) is 6.98. The van der Waals surface area contributed by atoms with E-state index in [9.17, 15) is 19.5 Å². The molecule has 2 aliphatic rings. The molecule has 2 heterocycles. The summed E-state index contributed by atoms with van der Waals surface area (Å²) >= 11 is 0. The van der Waals surface area contributed by atoms with Crippen molar-refractivity contribution in [3.63, 3.8) is 0 Å². The molecule has 0 spiro atoms. The number of aromatic amines is 1. The molecule has 0 bridgehead atoms. The number of H-pyrrole nitrogens is 1. The summed E-state index contributed by atoms with van der Waals surface area (Å²) in [4.78, 5) is 39.1. The Balaban J connectivity index is 0.00000150. The number of ketones is 1. The van der Waals surface area contributed by atoms with Crippen LogP contribution in [0.2, 0.25) is 0 Å². The van der Waals surface area contributed by atoms with Crippen molar-refractivity contribution in [3.8, 4) is 0 Å². The number of carboxylic acid groups (broad SMARTS) is 1. The molecule has 0 fully saturated rings. The minimum Gasteiger partial charge on any atom is -0.550 e. The maximum absolute atomic E-state index is 12.5. The molecular weight excluding hydrogens is 456 g/mol. The summed E-state index contributed by atoms with van der Waals surface area (Å²) in [5.41, 5.74) is 5.57. The Kier molecular flexibility index (Phi) is 8.22. The van der Waals surface area contributed by atoms with Crippen molar-refractivity contribution in [1.29, 1.82) is 0 Å². The fraction of sp³-hybridized carbons (Fsp3) is 0.286. The van der Waals surface area contributed by atoms with Crippen LogP contribution < -0.4 is 40.0 Å². The number of aliphatic carboxylic acids is 1. The van der Waals surface area contributed by atoms with Crippen LogP contribution in [-0.4, -0.2) is 22.6 Å². The van der Waals surface area contributed by atoms with Gasteiger partial charge in [-0.1, -0.05) is 18.2 Å². The van der Waals surface area contributed by atoms with Gasteiger partial charge in [0.25, 0.3) is 0 Å². The van der Waals surface area contributed by atoms with Gasteiger partial charge in [0, 0.05) is 67.6 Å². The molecule has 2 aromatic rings. The van der Waals surface area contributed by atoms with Gasteiger partial charge in [-0.25, -0.2) is 0 Å². The van der Waals surface area contributed by atoms with Gasteiger partial charge in [0.1, 0.15) is 0 Å². The van der Waals surface area contributed by atoms with Crippen molar-refractivity contribution < 1.29 is 81.8 Å². The summed E-state index contributed by atoms with van der Waals surface area (Å²) in [6, 6.07) is 6.68. The summed E-state index contributed by atoms with van der Waals surface area (Å²) in [5.74, 6) is -1.37. The predicted molar refractivity (Wildman–Crippen MR) is 97.9 cm³/mol. The Labute approximate surface area is 216 Å². The van der Waals surface area contributed by atoms with Gasteiger partial charge in [-0.05, 0) is 37.3 Å². The van der Waals surface area contributed by atoms with Crippen LogP contribution in [0.3, 0.4) is 0 Å². The SMILES string of the molecule is Cc1[c-]cc2c(c1)/C(=C/c1[nH]c3c(c1CCC(=O)[O-])C(=O)CCC3)C(=O)N2.[Na+].[Y]. The first-order valence-corrected chi connectivity index (χ1v) is 8.96. The van der Waals surface area contributed by atoms with E-state index in [2.05, 4.69) is 16.4 Å². The van der Waals surface area contributed by atoms with Crippen molar-refractivity contribution in [2.75, 3.05) is 5.32 Å². The number of hydrogen-bond donors (Lipinski definition) is 2. The maximum atomic E-state index is 12.5. The number of carbonyl (C=O) groups excluding carboxylic acids is 3. The molecule has 141 valence electrons. The number of benzene rings is 1. The molecular formula is C21H18N2NaO4Y-. The number of nitrogens with one attached hydrogen (secondary N) is 2. The van der Waals surface area contributed by atoms with Crippen LogP contribution in [0.1, 0.15) is 57.7 Å². The van der Waals surface area contributed by atoms with E-state index >= 15 is 0 Å². The van der Waals surface area contributed by atoms with Crippen molar-refractivity contribution in [2.45, 2.75) is 39.0 Å². The van der Waals surface area contributed by atoms with Gasteiger partial charge in [0.2, 0.25) is 5.91 Å². The van der Waals surface area contributed by atoms with E-state index in [1.54, 1.807) is 12.1 Å². The van der Waals surface area contributed by atoms with Crippen LogP contribution in [0.25, 0.3) is 11.6 Å². The predicted octanol–water partition coefficient (Wildman–Crippen LogP) is -1.18. The summed E-state index contributed by atoms with van der Waals surface area (Å²) in [5, 5.41) is 13.8. The Morgan fingerprint density at radius 3 is 2.79 bits per heavy atom. The number of anilines is 1. The molecule has 29 heavy (non-hydrogen) atoms. The second kappa shape index (κ2) is 9.84. The number of rotatable bonds is 4. The molecule has 1 amide bonds. The summed E-state index contributed by atoms with van der Waals surface area (Å²) in [7, 11) is 0. The number of hydrogen-bond acceptors (Lipinski definition) is 4. The fourth-order valence-electron chi connectivity index (χ4n) is 3.83. The Bertz CT molecular complexity index is 1030. The first kappa shape index (κ1) is 24.2. The quantitative estimate of drug-likeness (QED) is 0.331. The van der Waals surface area contributed by atoms with Crippen molar-refractivity contribution in [3.05, 3.63) is 51.8 Å². The fourth-order valence-corrected chi connectivity index (χ4v) is 3.83. The molecule has 0 saturated carbocycles. The zero-order chi connectivity index (χ0) is 19.1. The van der Waals surface area contributed by atoms with Gasteiger partial charge < -0.3 is 20.2 Å². The molecule has 1 aromatic heterocycles. The molecule has 0 saturated heterocycles. The van der Waals surface area contributed by atoms with Crippen molar-refractivity contribution in [1.82, 2.24) is 4.98 Å². The first-order valence-electron chi connectivity index (χ1n) is 8.96. The van der Waals surface area contributed by atoms with Crippen LogP contribution in [0, 0.1) is 13.0 Å².